The van der Waals surface area contributed by atoms with Crippen molar-refractivity contribution in [1.29, 1.82) is 0 Å². The average molecular weight is 495 g/mol. The summed E-state index contributed by atoms with van der Waals surface area (Å²) in [6.45, 7) is 6.71. The van der Waals surface area contributed by atoms with Gasteiger partial charge >= 0.3 is 6.01 Å². The summed E-state index contributed by atoms with van der Waals surface area (Å²) in [7, 11) is 0. The van der Waals surface area contributed by atoms with Crippen molar-refractivity contribution in [2.24, 2.45) is 5.92 Å². The van der Waals surface area contributed by atoms with Crippen LogP contribution in [-0.4, -0.2) is 27.3 Å². The molecule has 0 aliphatic heterocycles. The number of nitrogens with zero attached hydrogens (tertiary/aromatic N) is 3. The summed E-state index contributed by atoms with van der Waals surface area (Å²) in [4.78, 5) is 17.2. The molecule has 4 aromatic rings. The van der Waals surface area contributed by atoms with Gasteiger partial charge in [0, 0.05) is 16.8 Å². The summed E-state index contributed by atoms with van der Waals surface area (Å²) >= 11 is 12.0. The van der Waals surface area contributed by atoms with Gasteiger partial charge in [0.25, 0.3) is 5.91 Å². The van der Waals surface area contributed by atoms with Gasteiger partial charge < -0.3 is 10.1 Å². The lowest BCUT2D eigenvalue weighted by molar-refractivity contribution is 0.102. The number of aryl methyl sites for hydroxylation is 1. The zero-order valence-corrected chi connectivity index (χ0v) is 20.6. The van der Waals surface area contributed by atoms with E-state index in [2.05, 4.69) is 29.2 Å². The maximum absolute atomic E-state index is 12.6. The highest BCUT2D eigenvalue weighted by atomic mass is 35.5. The summed E-state index contributed by atoms with van der Waals surface area (Å²) in [6.07, 6.45) is 0. The predicted molar refractivity (Wildman–Crippen MR) is 136 cm³/mol. The Bertz CT molecular complexity index is 1300. The lowest BCUT2D eigenvalue weighted by Crippen LogP contribution is -2.12. The van der Waals surface area contributed by atoms with Gasteiger partial charge in [0.15, 0.2) is 5.82 Å². The van der Waals surface area contributed by atoms with E-state index in [9.17, 15) is 4.79 Å². The van der Waals surface area contributed by atoms with Gasteiger partial charge in [-0.05, 0) is 55.3 Å². The second-order valence-electron chi connectivity index (χ2n) is 8.33. The van der Waals surface area contributed by atoms with Gasteiger partial charge in [-0.2, -0.15) is 4.98 Å². The fourth-order valence-electron chi connectivity index (χ4n) is 3.19. The molecule has 0 fully saturated rings. The van der Waals surface area contributed by atoms with E-state index >= 15 is 0 Å². The fraction of sp³-hybridized carbons (Fsp3) is 0.192. The number of carbonyl (C=O) groups excluding carboxylic acids is 1. The molecule has 0 bridgehead atoms. The Labute approximate surface area is 208 Å². The van der Waals surface area contributed by atoms with Gasteiger partial charge in [-0.1, -0.05) is 66.9 Å². The van der Waals surface area contributed by atoms with Gasteiger partial charge in [0.1, 0.15) is 0 Å². The van der Waals surface area contributed by atoms with Crippen LogP contribution < -0.4 is 10.1 Å². The van der Waals surface area contributed by atoms with Crippen LogP contribution in [-0.2, 0) is 0 Å². The zero-order chi connectivity index (χ0) is 24.2. The second kappa shape index (κ2) is 10.3. The van der Waals surface area contributed by atoms with Crippen LogP contribution in [0.15, 0.2) is 66.7 Å². The molecule has 0 radical (unpaired) electrons. The Morgan fingerprint density at radius 2 is 1.71 bits per heavy atom. The smallest absolute Gasteiger partial charge is 0.336 e. The van der Waals surface area contributed by atoms with Crippen LogP contribution in [0.2, 0.25) is 10.0 Å². The first-order valence-corrected chi connectivity index (χ1v) is 11.6. The van der Waals surface area contributed by atoms with E-state index in [0.29, 0.717) is 45.7 Å². The van der Waals surface area contributed by atoms with Crippen molar-refractivity contribution in [3.63, 3.8) is 0 Å². The minimum atomic E-state index is -0.281. The number of nitrogens with one attached hydrogen (secondary N) is 1. The summed E-state index contributed by atoms with van der Waals surface area (Å²) in [5.41, 5.74) is 3.93. The van der Waals surface area contributed by atoms with Gasteiger partial charge in [-0.3, -0.25) is 4.79 Å². The molecule has 1 N–H and O–H groups in total. The second-order valence-corrected chi connectivity index (χ2v) is 9.14. The third-order valence-corrected chi connectivity index (χ3v) is 5.73. The topological polar surface area (TPSA) is 69.0 Å². The monoisotopic (exact) mass is 494 g/mol. The molecule has 1 amide bonds. The van der Waals surface area contributed by atoms with Gasteiger partial charge in [0.2, 0.25) is 0 Å². The quantitative estimate of drug-likeness (QED) is 0.305. The van der Waals surface area contributed by atoms with E-state index in [1.54, 1.807) is 28.9 Å². The maximum atomic E-state index is 12.6. The van der Waals surface area contributed by atoms with Gasteiger partial charge in [-0.25, -0.2) is 4.68 Å². The first kappa shape index (κ1) is 23.8. The van der Waals surface area contributed by atoms with Crippen LogP contribution in [0.5, 0.6) is 6.01 Å². The molecule has 0 spiro atoms. The molecule has 3 aromatic carbocycles. The molecule has 0 aliphatic rings. The highest BCUT2D eigenvalue weighted by molar-refractivity contribution is 6.42. The Morgan fingerprint density at radius 1 is 1.00 bits per heavy atom. The average Bonchev–Trinajstić information content (AvgIpc) is 3.25. The molecule has 6 nitrogen and oxygen atoms in total. The van der Waals surface area contributed by atoms with Crippen LogP contribution in [0.4, 0.5) is 5.69 Å². The Balaban J connectivity index is 1.60. The molecule has 34 heavy (non-hydrogen) atoms. The highest BCUT2D eigenvalue weighted by Crippen LogP contribution is 2.26. The molecule has 0 atom stereocenters. The summed E-state index contributed by atoms with van der Waals surface area (Å²) < 4.78 is 7.52. The number of anilines is 1. The van der Waals surface area contributed by atoms with Crippen molar-refractivity contribution in [2.45, 2.75) is 20.8 Å². The number of rotatable bonds is 7. The Hall–Kier alpha value is -3.35. The first-order valence-electron chi connectivity index (χ1n) is 10.8. The molecular weight excluding hydrogens is 471 g/mol. The first-order chi connectivity index (χ1) is 16.3. The largest absolute Gasteiger partial charge is 0.462 e. The molecule has 0 unspecified atom stereocenters. The third-order valence-electron chi connectivity index (χ3n) is 4.99. The van der Waals surface area contributed by atoms with Crippen LogP contribution in [0.25, 0.3) is 17.1 Å². The third kappa shape index (κ3) is 5.58. The van der Waals surface area contributed by atoms with E-state index in [4.69, 9.17) is 27.9 Å². The SMILES string of the molecule is Cc1ccc(-c2nc(OCC(C)C)nn2-c2ccc(NC(=O)c3ccc(Cl)c(Cl)c3)cc2)cc1. The minimum absolute atomic E-state index is 0.281. The predicted octanol–water partition coefficient (Wildman–Crippen LogP) is 6.84. The van der Waals surface area contributed by atoms with E-state index in [-0.39, 0.29) is 5.91 Å². The van der Waals surface area contributed by atoms with E-state index in [0.717, 1.165) is 16.8 Å². The van der Waals surface area contributed by atoms with Crippen molar-refractivity contribution in [1.82, 2.24) is 14.8 Å². The number of hydrogen-bond donors (Lipinski definition) is 1. The molecular formula is C26H24Cl2N4O2. The lowest BCUT2D eigenvalue weighted by atomic mass is 10.1. The van der Waals surface area contributed by atoms with Crippen molar-refractivity contribution in [2.75, 3.05) is 11.9 Å². The molecule has 0 saturated heterocycles. The number of benzene rings is 3. The van der Waals surface area contributed by atoms with Gasteiger partial charge in [0.05, 0.1) is 22.3 Å². The molecule has 8 heteroatoms. The van der Waals surface area contributed by atoms with Crippen LogP contribution in [0.3, 0.4) is 0 Å². The molecule has 4 rings (SSSR count). The van der Waals surface area contributed by atoms with E-state index in [1.165, 1.54) is 6.07 Å². The fourth-order valence-corrected chi connectivity index (χ4v) is 3.49. The van der Waals surface area contributed by atoms with E-state index < -0.39 is 0 Å². The highest BCUT2D eigenvalue weighted by Gasteiger charge is 2.16. The van der Waals surface area contributed by atoms with Crippen molar-refractivity contribution in [3.8, 4) is 23.1 Å². The summed E-state index contributed by atoms with van der Waals surface area (Å²) in [6, 6.07) is 20.5. The number of ether oxygens (including phenoxy) is 1. The number of hydrogen-bond acceptors (Lipinski definition) is 4. The van der Waals surface area contributed by atoms with Crippen LogP contribution in [0.1, 0.15) is 29.8 Å². The minimum Gasteiger partial charge on any atom is -0.462 e. The molecule has 1 heterocycles. The van der Waals surface area contributed by atoms with Crippen molar-refractivity contribution >= 4 is 34.8 Å². The Morgan fingerprint density at radius 3 is 2.35 bits per heavy atom. The molecule has 0 saturated carbocycles. The Kier molecular flexibility index (Phi) is 7.20. The standard InChI is InChI=1S/C26H24Cl2N4O2/c1-16(2)15-34-26-30-24(18-6-4-17(3)5-7-18)32(31-26)21-11-9-20(10-12-21)29-25(33)19-8-13-22(27)23(28)14-19/h4-14,16H,15H2,1-3H3,(H,29,33). The van der Waals surface area contributed by atoms with Crippen LogP contribution in [0, 0.1) is 12.8 Å². The van der Waals surface area contributed by atoms with Crippen molar-refractivity contribution < 1.29 is 9.53 Å². The molecule has 0 aliphatic carbocycles. The number of aromatic nitrogens is 3. The summed E-state index contributed by atoms with van der Waals surface area (Å²) in [5.74, 6) is 0.747. The zero-order valence-electron chi connectivity index (χ0n) is 19.0. The van der Waals surface area contributed by atoms with Crippen molar-refractivity contribution in [3.05, 3.63) is 87.9 Å². The lowest BCUT2D eigenvalue weighted by Gasteiger charge is -2.09. The maximum Gasteiger partial charge on any atom is 0.336 e. The van der Waals surface area contributed by atoms with Gasteiger partial charge in [-0.15, -0.1) is 5.10 Å². The van der Waals surface area contributed by atoms with Crippen LogP contribution >= 0.6 is 23.2 Å². The number of carbonyl (C=O) groups is 1. The number of amides is 1. The summed E-state index contributed by atoms with van der Waals surface area (Å²) in [5, 5.41) is 8.17. The van der Waals surface area contributed by atoms with E-state index in [1.807, 2.05) is 43.3 Å². The normalized spacial score (nSPS) is 11.0. The molecule has 1 aromatic heterocycles. The number of halogens is 2. The molecule has 174 valence electrons.